The molecule has 1 aliphatic rings. The fourth-order valence-corrected chi connectivity index (χ4v) is 4.26. The van der Waals surface area contributed by atoms with Gasteiger partial charge in [-0.15, -0.1) is 0 Å². The van der Waals surface area contributed by atoms with Gasteiger partial charge >= 0.3 is 0 Å². The van der Waals surface area contributed by atoms with Gasteiger partial charge in [-0.05, 0) is 54.3 Å². The molecule has 0 atom stereocenters. The summed E-state index contributed by atoms with van der Waals surface area (Å²) >= 11 is 12.8. The molecular formula is C23H19Cl2N3. The Hall–Kier alpha value is -2.49. The van der Waals surface area contributed by atoms with E-state index in [-0.39, 0.29) is 0 Å². The summed E-state index contributed by atoms with van der Waals surface area (Å²) in [5.74, 6) is 1.02. The fraction of sp³-hybridized carbons (Fsp3) is 0.174. The molecule has 140 valence electrons. The van der Waals surface area contributed by atoms with Crippen molar-refractivity contribution < 1.29 is 0 Å². The average molecular weight is 408 g/mol. The van der Waals surface area contributed by atoms with Gasteiger partial charge in [-0.25, -0.2) is 4.68 Å². The molecule has 0 aliphatic carbocycles. The van der Waals surface area contributed by atoms with Crippen LogP contribution in [-0.2, 0) is 6.42 Å². The van der Waals surface area contributed by atoms with Crippen molar-refractivity contribution in [2.75, 3.05) is 11.9 Å². The van der Waals surface area contributed by atoms with Crippen molar-refractivity contribution in [3.05, 3.63) is 76.3 Å². The molecule has 0 saturated heterocycles. The van der Waals surface area contributed by atoms with Crippen LogP contribution in [0.5, 0.6) is 0 Å². The molecule has 0 saturated carbocycles. The highest BCUT2D eigenvalue weighted by Crippen LogP contribution is 2.37. The number of aromatic nitrogens is 2. The molecule has 0 fully saturated rings. The van der Waals surface area contributed by atoms with E-state index in [2.05, 4.69) is 47.8 Å². The number of fused-ring (bicyclic) bond motifs is 2. The third-order valence-electron chi connectivity index (χ3n) is 5.29. The van der Waals surface area contributed by atoms with E-state index in [9.17, 15) is 0 Å². The van der Waals surface area contributed by atoms with Crippen LogP contribution < -0.4 is 5.32 Å². The molecule has 1 N–H and O–H groups in total. The van der Waals surface area contributed by atoms with Gasteiger partial charge in [0.25, 0.3) is 0 Å². The molecule has 5 heteroatoms. The van der Waals surface area contributed by atoms with E-state index in [1.54, 1.807) is 6.07 Å². The minimum absolute atomic E-state index is 0.630. The molecule has 5 rings (SSSR count). The molecular weight excluding hydrogens is 389 g/mol. The third kappa shape index (κ3) is 3.05. The second-order valence-electron chi connectivity index (χ2n) is 7.13. The van der Waals surface area contributed by atoms with E-state index in [1.165, 1.54) is 16.3 Å². The van der Waals surface area contributed by atoms with Gasteiger partial charge in [0.2, 0.25) is 0 Å². The zero-order chi connectivity index (χ0) is 19.1. The summed E-state index contributed by atoms with van der Waals surface area (Å²) in [6, 6.07) is 20.4. The summed E-state index contributed by atoms with van der Waals surface area (Å²) in [5.41, 5.74) is 4.16. The first-order valence-corrected chi connectivity index (χ1v) is 10.3. The van der Waals surface area contributed by atoms with Crippen LogP contribution in [0.15, 0.2) is 60.7 Å². The van der Waals surface area contributed by atoms with Crippen molar-refractivity contribution in [2.24, 2.45) is 0 Å². The van der Waals surface area contributed by atoms with Crippen molar-refractivity contribution in [2.45, 2.75) is 19.3 Å². The van der Waals surface area contributed by atoms with E-state index in [0.29, 0.717) is 10.0 Å². The number of anilines is 1. The molecule has 4 aromatic rings. The van der Waals surface area contributed by atoms with E-state index < -0.39 is 0 Å². The first kappa shape index (κ1) is 17.6. The highest BCUT2D eigenvalue weighted by atomic mass is 35.5. The molecule has 28 heavy (non-hydrogen) atoms. The summed E-state index contributed by atoms with van der Waals surface area (Å²) in [7, 11) is 0. The normalized spacial score (nSPS) is 13.8. The maximum atomic E-state index is 6.50. The van der Waals surface area contributed by atoms with Crippen LogP contribution in [0.4, 0.5) is 5.82 Å². The number of rotatable bonds is 2. The Morgan fingerprint density at radius 1 is 0.893 bits per heavy atom. The molecule has 0 amide bonds. The fourth-order valence-electron chi connectivity index (χ4n) is 3.89. The lowest BCUT2D eigenvalue weighted by atomic mass is 10.0. The second-order valence-corrected chi connectivity index (χ2v) is 7.97. The minimum Gasteiger partial charge on any atom is -0.370 e. The topological polar surface area (TPSA) is 29.9 Å². The van der Waals surface area contributed by atoms with Gasteiger partial charge in [-0.2, -0.15) is 5.10 Å². The van der Waals surface area contributed by atoms with Gasteiger partial charge < -0.3 is 5.32 Å². The van der Waals surface area contributed by atoms with E-state index >= 15 is 0 Å². The number of benzene rings is 3. The maximum absolute atomic E-state index is 6.50. The molecule has 0 bridgehead atoms. The van der Waals surface area contributed by atoms with Crippen LogP contribution in [0.25, 0.3) is 27.7 Å². The lowest BCUT2D eigenvalue weighted by Crippen LogP contribution is -2.07. The molecule has 3 aromatic carbocycles. The number of hydrogen-bond donors (Lipinski definition) is 1. The zero-order valence-corrected chi connectivity index (χ0v) is 16.8. The van der Waals surface area contributed by atoms with Crippen LogP contribution in [-0.4, -0.2) is 16.3 Å². The number of halogens is 2. The third-order valence-corrected chi connectivity index (χ3v) is 5.84. The molecule has 3 nitrogen and oxygen atoms in total. The Morgan fingerprint density at radius 3 is 2.64 bits per heavy atom. The maximum Gasteiger partial charge on any atom is 0.133 e. The van der Waals surface area contributed by atoms with Crippen molar-refractivity contribution in [3.8, 4) is 16.9 Å². The molecule has 1 aromatic heterocycles. The monoisotopic (exact) mass is 407 g/mol. The van der Waals surface area contributed by atoms with Gasteiger partial charge in [-0.1, -0.05) is 59.6 Å². The standard InChI is InChI=1S/C23H19Cl2N3/c24-18-10-11-20(25)21(14-18)28-23-19(7-3-4-12-26-23)22(27-28)17-9-8-15-5-1-2-6-16(15)13-17/h1-2,5-6,8-11,13-14,26H,3-4,7,12H2. The first-order valence-electron chi connectivity index (χ1n) is 9.51. The summed E-state index contributed by atoms with van der Waals surface area (Å²) in [5, 5.41) is 12.3. The largest absolute Gasteiger partial charge is 0.370 e. The molecule has 1 aliphatic heterocycles. The van der Waals surface area contributed by atoms with Crippen LogP contribution >= 0.6 is 23.2 Å². The Balaban J connectivity index is 1.74. The van der Waals surface area contributed by atoms with Crippen molar-refractivity contribution in [3.63, 3.8) is 0 Å². The van der Waals surface area contributed by atoms with Crippen LogP contribution in [0, 0.1) is 0 Å². The van der Waals surface area contributed by atoms with E-state index in [1.807, 2.05) is 16.8 Å². The molecule has 2 heterocycles. The van der Waals surface area contributed by atoms with Crippen LogP contribution in [0.3, 0.4) is 0 Å². The predicted octanol–water partition coefficient (Wildman–Crippen LogP) is 6.75. The van der Waals surface area contributed by atoms with Gasteiger partial charge in [-0.3, -0.25) is 0 Å². The Morgan fingerprint density at radius 2 is 1.75 bits per heavy atom. The summed E-state index contributed by atoms with van der Waals surface area (Å²) in [6.07, 6.45) is 3.26. The van der Waals surface area contributed by atoms with Crippen molar-refractivity contribution in [1.82, 2.24) is 9.78 Å². The SMILES string of the molecule is Clc1ccc(Cl)c(-n2nc(-c3ccc4ccccc4c3)c3c2NCCCC3)c1. The van der Waals surface area contributed by atoms with E-state index in [4.69, 9.17) is 28.3 Å². The van der Waals surface area contributed by atoms with Crippen molar-refractivity contribution in [1.29, 1.82) is 0 Å². The van der Waals surface area contributed by atoms with E-state index in [0.717, 1.165) is 48.6 Å². The minimum atomic E-state index is 0.630. The highest BCUT2D eigenvalue weighted by molar-refractivity contribution is 6.34. The Labute approximate surface area is 173 Å². The lowest BCUT2D eigenvalue weighted by molar-refractivity contribution is 0.780. The summed E-state index contributed by atoms with van der Waals surface area (Å²) < 4.78 is 1.92. The number of nitrogens with one attached hydrogen (secondary N) is 1. The quantitative estimate of drug-likeness (QED) is 0.398. The Kier molecular flexibility index (Phi) is 4.50. The van der Waals surface area contributed by atoms with Gasteiger partial charge in [0.15, 0.2) is 0 Å². The zero-order valence-electron chi connectivity index (χ0n) is 15.3. The van der Waals surface area contributed by atoms with Crippen LogP contribution in [0.2, 0.25) is 10.0 Å². The first-order chi connectivity index (χ1) is 13.7. The lowest BCUT2D eigenvalue weighted by Gasteiger charge is -2.11. The average Bonchev–Trinajstić information content (AvgIpc) is 2.90. The highest BCUT2D eigenvalue weighted by Gasteiger charge is 2.23. The number of hydrogen-bond acceptors (Lipinski definition) is 2. The molecule has 0 radical (unpaired) electrons. The second kappa shape index (κ2) is 7.16. The van der Waals surface area contributed by atoms with Gasteiger partial charge in [0.05, 0.1) is 16.4 Å². The smallest absolute Gasteiger partial charge is 0.133 e. The molecule has 0 unspecified atom stereocenters. The van der Waals surface area contributed by atoms with Gasteiger partial charge in [0, 0.05) is 22.7 Å². The van der Waals surface area contributed by atoms with Crippen molar-refractivity contribution >= 4 is 39.8 Å². The number of nitrogens with zero attached hydrogens (tertiary/aromatic N) is 2. The summed E-state index contributed by atoms with van der Waals surface area (Å²) in [4.78, 5) is 0. The predicted molar refractivity (Wildman–Crippen MR) is 118 cm³/mol. The summed E-state index contributed by atoms with van der Waals surface area (Å²) in [6.45, 7) is 0.925. The van der Waals surface area contributed by atoms with Gasteiger partial charge in [0.1, 0.15) is 5.82 Å². The molecule has 0 spiro atoms. The van der Waals surface area contributed by atoms with Crippen LogP contribution in [0.1, 0.15) is 18.4 Å². The Bertz CT molecular complexity index is 1180.